The minimum absolute atomic E-state index is 0.0251. The molecule has 1 heterocycles. The number of hydrogen-bond donors (Lipinski definition) is 1. The lowest BCUT2D eigenvalue weighted by atomic mass is 10.1. The molecule has 118 valence electrons. The maximum Gasteiger partial charge on any atom is 0.410 e. The van der Waals surface area contributed by atoms with Crippen LogP contribution in [0.5, 0.6) is 0 Å². The zero-order valence-corrected chi connectivity index (χ0v) is 12.7. The van der Waals surface area contributed by atoms with Crippen molar-refractivity contribution in [3.8, 4) is 0 Å². The van der Waals surface area contributed by atoms with Gasteiger partial charge in [-0.1, -0.05) is 0 Å². The van der Waals surface area contributed by atoms with Crippen LogP contribution in [-0.4, -0.2) is 64.2 Å². The van der Waals surface area contributed by atoms with Crippen molar-refractivity contribution in [1.82, 2.24) is 9.80 Å². The predicted molar refractivity (Wildman–Crippen MR) is 73.7 cm³/mol. The number of carboxylic acid groups (broad SMARTS) is 1. The fourth-order valence-corrected chi connectivity index (χ4v) is 2.32. The zero-order valence-electron chi connectivity index (χ0n) is 12.7. The summed E-state index contributed by atoms with van der Waals surface area (Å²) in [4.78, 5) is 38.3. The van der Waals surface area contributed by atoms with Gasteiger partial charge in [-0.05, 0) is 33.6 Å². The highest BCUT2D eigenvalue weighted by molar-refractivity contribution is 5.87. The molecule has 2 rings (SSSR count). The second-order valence-electron chi connectivity index (χ2n) is 6.59. The quantitative estimate of drug-likeness (QED) is 0.819. The Labute approximate surface area is 123 Å². The number of carbonyl (C=O) groups is 3. The number of hydrogen-bond acceptors (Lipinski definition) is 4. The molecule has 1 atom stereocenters. The van der Waals surface area contributed by atoms with Gasteiger partial charge in [-0.2, -0.15) is 0 Å². The molecule has 1 saturated carbocycles. The summed E-state index contributed by atoms with van der Waals surface area (Å²) in [5.41, 5.74) is -0.628. The molecular formula is C14H22N2O5. The second-order valence-corrected chi connectivity index (χ2v) is 6.59. The largest absolute Gasteiger partial charge is 0.480 e. The van der Waals surface area contributed by atoms with E-state index in [1.807, 2.05) is 0 Å². The molecule has 1 unspecified atom stereocenters. The minimum Gasteiger partial charge on any atom is -0.480 e. The van der Waals surface area contributed by atoms with Crippen molar-refractivity contribution < 1.29 is 24.2 Å². The van der Waals surface area contributed by atoms with Gasteiger partial charge < -0.3 is 19.6 Å². The van der Waals surface area contributed by atoms with Gasteiger partial charge in [-0.15, -0.1) is 0 Å². The van der Waals surface area contributed by atoms with E-state index in [1.165, 1.54) is 9.80 Å². The summed E-state index contributed by atoms with van der Waals surface area (Å²) in [7, 11) is 0. The Morgan fingerprint density at radius 1 is 1.14 bits per heavy atom. The Morgan fingerprint density at radius 3 is 2.24 bits per heavy atom. The van der Waals surface area contributed by atoms with Gasteiger partial charge in [0.05, 0.1) is 6.54 Å². The standard InChI is InChI=1S/C14H22N2O5/c1-14(2,3)21-13(20)15-6-7-16(10(8-15)12(18)19)11(17)9-4-5-9/h9-10H,4-8H2,1-3H3,(H,18,19). The van der Waals surface area contributed by atoms with Gasteiger partial charge in [0.1, 0.15) is 11.6 Å². The van der Waals surface area contributed by atoms with Crippen LogP contribution in [-0.2, 0) is 14.3 Å². The maximum atomic E-state index is 12.1. The van der Waals surface area contributed by atoms with E-state index < -0.39 is 23.7 Å². The molecule has 1 aliphatic heterocycles. The summed E-state index contributed by atoms with van der Waals surface area (Å²) in [5, 5.41) is 9.32. The number of carboxylic acids is 1. The zero-order chi connectivity index (χ0) is 15.8. The first-order valence-corrected chi connectivity index (χ1v) is 7.20. The Bertz CT molecular complexity index is 453. The van der Waals surface area contributed by atoms with Crippen molar-refractivity contribution in [2.45, 2.75) is 45.3 Å². The van der Waals surface area contributed by atoms with E-state index in [-0.39, 0.29) is 24.9 Å². The number of carbonyl (C=O) groups excluding carboxylic acids is 2. The third-order valence-electron chi connectivity index (χ3n) is 3.53. The van der Waals surface area contributed by atoms with Crippen molar-refractivity contribution in [2.75, 3.05) is 19.6 Å². The summed E-state index contributed by atoms with van der Waals surface area (Å²) < 4.78 is 5.25. The minimum atomic E-state index is -1.09. The SMILES string of the molecule is CC(C)(C)OC(=O)N1CCN(C(=O)C2CC2)C(C(=O)O)C1. The van der Waals surface area contributed by atoms with Gasteiger partial charge in [-0.3, -0.25) is 4.79 Å². The average molecular weight is 298 g/mol. The highest BCUT2D eigenvalue weighted by atomic mass is 16.6. The van der Waals surface area contributed by atoms with Gasteiger partial charge >= 0.3 is 12.1 Å². The van der Waals surface area contributed by atoms with Gasteiger partial charge in [-0.25, -0.2) is 9.59 Å². The van der Waals surface area contributed by atoms with Crippen LogP contribution >= 0.6 is 0 Å². The molecule has 7 nitrogen and oxygen atoms in total. The van der Waals surface area contributed by atoms with Gasteiger partial charge in [0.2, 0.25) is 5.91 Å². The van der Waals surface area contributed by atoms with Crippen LogP contribution in [0.4, 0.5) is 4.79 Å². The number of piperazine rings is 1. The third kappa shape index (κ3) is 3.86. The van der Waals surface area contributed by atoms with E-state index in [0.717, 1.165) is 12.8 Å². The fraction of sp³-hybridized carbons (Fsp3) is 0.786. The molecule has 0 aromatic carbocycles. The number of rotatable bonds is 2. The number of nitrogens with zero attached hydrogens (tertiary/aromatic N) is 2. The molecule has 0 spiro atoms. The number of aliphatic carboxylic acids is 1. The molecule has 2 aliphatic rings. The van der Waals surface area contributed by atoms with Gasteiger partial charge in [0.25, 0.3) is 0 Å². The number of ether oxygens (including phenoxy) is 1. The molecule has 21 heavy (non-hydrogen) atoms. The first-order chi connectivity index (χ1) is 9.69. The van der Waals surface area contributed by atoms with E-state index in [9.17, 15) is 19.5 Å². The normalized spacial score (nSPS) is 22.9. The van der Waals surface area contributed by atoms with Crippen LogP contribution in [0.1, 0.15) is 33.6 Å². The van der Waals surface area contributed by atoms with Crippen LogP contribution in [0.25, 0.3) is 0 Å². The topological polar surface area (TPSA) is 87.2 Å². The van der Waals surface area contributed by atoms with Crippen molar-refractivity contribution in [3.05, 3.63) is 0 Å². The average Bonchev–Trinajstić information content (AvgIpc) is 3.19. The van der Waals surface area contributed by atoms with E-state index in [1.54, 1.807) is 20.8 Å². The summed E-state index contributed by atoms with van der Waals surface area (Å²) in [6, 6.07) is -0.987. The third-order valence-corrected chi connectivity index (χ3v) is 3.53. The molecule has 2 amide bonds. The summed E-state index contributed by atoms with van der Waals surface area (Å²) in [6.07, 6.45) is 1.13. The van der Waals surface area contributed by atoms with Crippen LogP contribution in [0.15, 0.2) is 0 Å². The van der Waals surface area contributed by atoms with Crippen LogP contribution in [0.3, 0.4) is 0 Å². The van der Waals surface area contributed by atoms with Crippen LogP contribution in [0, 0.1) is 5.92 Å². The van der Waals surface area contributed by atoms with E-state index >= 15 is 0 Å². The Morgan fingerprint density at radius 2 is 1.76 bits per heavy atom. The molecule has 0 radical (unpaired) electrons. The van der Waals surface area contributed by atoms with E-state index in [2.05, 4.69) is 0 Å². The molecule has 0 aromatic heterocycles. The molecule has 1 N–H and O–H groups in total. The maximum absolute atomic E-state index is 12.1. The fourth-order valence-electron chi connectivity index (χ4n) is 2.32. The van der Waals surface area contributed by atoms with Crippen molar-refractivity contribution in [1.29, 1.82) is 0 Å². The second kappa shape index (κ2) is 5.54. The summed E-state index contributed by atoms with van der Waals surface area (Å²) in [6.45, 7) is 5.79. The van der Waals surface area contributed by atoms with Gasteiger partial charge in [0.15, 0.2) is 0 Å². The van der Waals surface area contributed by atoms with E-state index in [0.29, 0.717) is 6.54 Å². The van der Waals surface area contributed by atoms with Crippen molar-refractivity contribution in [2.24, 2.45) is 5.92 Å². The molecule has 0 bridgehead atoms. The number of amides is 2. The summed E-state index contributed by atoms with van der Waals surface area (Å²) >= 11 is 0. The molecule has 1 aliphatic carbocycles. The molecular weight excluding hydrogens is 276 g/mol. The Hall–Kier alpha value is -1.79. The summed E-state index contributed by atoms with van der Waals surface area (Å²) in [5.74, 6) is -1.22. The van der Waals surface area contributed by atoms with Crippen molar-refractivity contribution in [3.63, 3.8) is 0 Å². The van der Waals surface area contributed by atoms with Crippen LogP contribution in [0.2, 0.25) is 0 Å². The lowest BCUT2D eigenvalue weighted by Crippen LogP contribution is -2.60. The smallest absolute Gasteiger partial charge is 0.410 e. The lowest BCUT2D eigenvalue weighted by Gasteiger charge is -2.39. The molecule has 0 aromatic rings. The Kier molecular flexibility index (Phi) is 4.11. The van der Waals surface area contributed by atoms with Gasteiger partial charge in [0, 0.05) is 19.0 Å². The highest BCUT2D eigenvalue weighted by Crippen LogP contribution is 2.32. The monoisotopic (exact) mass is 298 g/mol. The van der Waals surface area contributed by atoms with E-state index in [4.69, 9.17) is 4.74 Å². The first-order valence-electron chi connectivity index (χ1n) is 7.20. The molecule has 2 fully saturated rings. The first kappa shape index (κ1) is 15.6. The molecule has 1 saturated heterocycles. The molecule has 7 heteroatoms. The highest BCUT2D eigenvalue weighted by Gasteiger charge is 2.42. The van der Waals surface area contributed by atoms with Crippen molar-refractivity contribution >= 4 is 18.0 Å². The Balaban J connectivity index is 2.02. The van der Waals surface area contributed by atoms with Crippen LogP contribution < -0.4 is 0 Å². The predicted octanol–water partition coefficient (Wildman–Crippen LogP) is 0.929. The lowest BCUT2D eigenvalue weighted by molar-refractivity contribution is -0.154.